The van der Waals surface area contributed by atoms with Gasteiger partial charge in [-0.05, 0) is 17.7 Å². The molecule has 0 spiro atoms. The molecule has 1 heterocycles. The summed E-state index contributed by atoms with van der Waals surface area (Å²) in [5.74, 6) is 0.528. The number of halogens is 2. The van der Waals surface area contributed by atoms with E-state index in [1.807, 2.05) is 0 Å². The molecule has 0 atom stereocenters. The summed E-state index contributed by atoms with van der Waals surface area (Å²) in [7, 11) is -3.90. The zero-order valence-electron chi connectivity index (χ0n) is 10.8. The van der Waals surface area contributed by atoms with Crippen molar-refractivity contribution >= 4 is 33.2 Å². The van der Waals surface area contributed by atoms with Gasteiger partial charge in [-0.15, -0.1) is 0 Å². The average Bonchev–Trinajstić information content (AvgIpc) is 2.82. The average molecular weight is 352 g/mol. The lowest BCUT2D eigenvalue weighted by molar-refractivity contribution is 0.281. The lowest BCUT2D eigenvalue weighted by Gasteiger charge is -2.09. The molecule has 7 nitrogen and oxygen atoms in total. The van der Waals surface area contributed by atoms with Gasteiger partial charge in [0, 0.05) is 11.9 Å². The van der Waals surface area contributed by atoms with E-state index in [0.717, 1.165) is 0 Å². The number of aliphatic hydroxyl groups excluding tert-OH is 1. The van der Waals surface area contributed by atoms with E-state index in [2.05, 4.69) is 14.9 Å². The van der Waals surface area contributed by atoms with Crippen LogP contribution in [0.4, 0.5) is 0 Å². The molecule has 0 aliphatic rings. The summed E-state index contributed by atoms with van der Waals surface area (Å²) in [6, 6.07) is 2.48. The number of benzene rings is 1. The fourth-order valence-electron chi connectivity index (χ4n) is 1.55. The minimum atomic E-state index is -3.90. The number of nitrogens with one attached hydrogen (secondary N) is 1. The number of aromatic nitrogens is 2. The Labute approximate surface area is 130 Å². The van der Waals surface area contributed by atoms with E-state index < -0.39 is 16.6 Å². The zero-order chi connectivity index (χ0) is 15.6. The van der Waals surface area contributed by atoms with Crippen LogP contribution in [0.3, 0.4) is 0 Å². The van der Waals surface area contributed by atoms with E-state index in [1.54, 1.807) is 6.92 Å². The van der Waals surface area contributed by atoms with Crippen LogP contribution in [0.2, 0.25) is 10.0 Å². The van der Waals surface area contributed by atoms with E-state index in [0.29, 0.717) is 5.89 Å². The Bertz CT molecular complexity index is 761. The molecule has 0 radical (unpaired) electrons. The smallest absolute Gasteiger partial charge is 0.242 e. The predicted octanol–water partition coefficient (Wildman–Crippen LogP) is 1.66. The highest BCUT2D eigenvalue weighted by Crippen LogP contribution is 2.28. The summed E-state index contributed by atoms with van der Waals surface area (Å²) < 4.78 is 31.4. The summed E-state index contributed by atoms with van der Waals surface area (Å²) in [6.45, 7) is 1.05. The first kappa shape index (κ1) is 16.2. The Kier molecular flexibility index (Phi) is 4.84. The second-order valence-corrected chi connectivity index (χ2v) is 6.64. The number of hydrogen-bond acceptors (Lipinski definition) is 6. The van der Waals surface area contributed by atoms with Crippen LogP contribution in [0.1, 0.15) is 17.3 Å². The molecule has 2 N–H and O–H groups in total. The van der Waals surface area contributed by atoms with E-state index >= 15 is 0 Å². The molecular formula is C11H11Cl2N3O4S. The normalized spacial score (nSPS) is 11.8. The van der Waals surface area contributed by atoms with Gasteiger partial charge in [-0.2, -0.15) is 4.98 Å². The van der Waals surface area contributed by atoms with Gasteiger partial charge in [-0.25, -0.2) is 13.1 Å². The summed E-state index contributed by atoms with van der Waals surface area (Å²) >= 11 is 11.7. The van der Waals surface area contributed by atoms with Gasteiger partial charge in [0.1, 0.15) is 4.90 Å². The Morgan fingerprint density at radius 2 is 2.05 bits per heavy atom. The zero-order valence-corrected chi connectivity index (χ0v) is 13.1. The van der Waals surface area contributed by atoms with Crippen molar-refractivity contribution in [2.45, 2.75) is 25.0 Å². The Morgan fingerprint density at radius 3 is 2.62 bits per heavy atom. The van der Waals surface area contributed by atoms with E-state index in [9.17, 15) is 8.42 Å². The minimum absolute atomic E-state index is 0.0472. The highest BCUT2D eigenvalue weighted by Gasteiger charge is 2.20. The monoisotopic (exact) mass is 351 g/mol. The first-order valence-corrected chi connectivity index (χ1v) is 7.95. The molecule has 0 aliphatic heterocycles. The maximum absolute atomic E-state index is 12.2. The SMILES string of the molecule is Cc1nc(CNS(=O)(=O)c2cc(CO)c(Cl)cc2Cl)no1. The molecular weight excluding hydrogens is 341 g/mol. The van der Waals surface area contributed by atoms with Gasteiger partial charge in [0.15, 0.2) is 5.82 Å². The van der Waals surface area contributed by atoms with Gasteiger partial charge in [-0.1, -0.05) is 28.4 Å². The van der Waals surface area contributed by atoms with Crippen LogP contribution < -0.4 is 4.72 Å². The lowest BCUT2D eigenvalue weighted by atomic mass is 10.2. The summed E-state index contributed by atoms with van der Waals surface area (Å²) in [5, 5.41) is 12.9. The van der Waals surface area contributed by atoms with Crippen molar-refractivity contribution in [3.05, 3.63) is 39.5 Å². The molecule has 0 saturated carbocycles. The molecule has 10 heteroatoms. The van der Waals surface area contributed by atoms with E-state index in [-0.39, 0.29) is 32.9 Å². The van der Waals surface area contributed by atoms with Crippen LogP contribution in [-0.2, 0) is 23.2 Å². The van der Waals surface area contributed by atoms with Gasteiger partial charge in [-0.3, -0.25) is 0 Å². The van der Waals surface area contributed by atoms with Gasteiger partial charge in [0.2, 0.25) is 15.9 Å². The highest BCUT2D eigenvalue weighted by atomic mass is 35.5. The summed E-state index contributed by atoms with van der Waals surface area (Å²) in [5.41, 5.74) is 0.261. The van der Waals surface area contributed by atoms with Crippen molar-refractivity contribution in [3.63, 3.8) is 0 Å². The Morgan fingerprint density at radius 1 is 1.33 bits per heavy atom. The Balaban J connectivity index is 2.27. The summed E-state index contributed by atoms with van der Waals surface area (Å²) in [4.78, 5) is 3.70. The fourth-order valence-corrected chi connectivity index (χ4v) is 3.38. The summed E-state index contributed by atoms with van der Waals surface area (Å²) in [6.07, 6.45) is 0. The van der Waals surface area contributed by atoms with Gasteiger partial charge >= 0.3 is 0 Å². The molecule has 0 unspecified atom stereocenters. The van der Waals surface area contributed by atoms with Crippen molar-refractivity contribution in [1.82, 2.24) is 14.9 Å². The number of sulfonamides is 1. The van der Waals surface area contributed by atoms with Gasteiger partial charge in [0.25, 0.3) is 0 Å². The molecule has 2 rings (SSSR count). The Hall–Kier alpha value is -1.19. The maximum Gasteiger partial charge on any atom is 0.242 e. The molecule has 1 aromatic heterocycles. The first-order chi connectivity index (χ1) is 9.83. The van der Waals surface area contributed by atoms with Crippen molar-refractivity contribution < 1.29 is 18.0 Å². The second-order valence-electron chi connectivity index (χ2n) is 4.09. The van der Waals surface area contributed by atoms with Gasteiger partial charge < -0.3 is 9.63 Å². The second kappa shape index (κ2) is 6.29. The molecule has 114 valence electrons. The third kappa shape index (κ3) is 3.72. The minimum Gasteiger partial charge on any atom is -0.392 e. The van der Waals surface area contributed by atoms with Crippen LogP contribution in [-0.4, -0.2) is 23.7 Å². The van der Waals surface area contributed by atoms with Crippen LogP contribution in [0.15, 0.2) is 21.6 Å². The third-order valence-corrected chi connectivity index (χ3v) is 4.77. The third-order valence-electron chi connectivity index (χ3n) is 2.55. The van der Waals surface area contributed by atoms with E-state index in [1.165, 1.54) is 12.1 Å². The van der Waals surface area contributed by atoms with Crippen molar-refractivity contribution in [2.24, 2.45) is 0 Å². The molecule has 2 aromatic rings. The molecule has 21 heavy (non-hydrogen) atoms. The molecule has 0 aliphatic carbocycles. The van der Waals surface area contributed by atoms with Crippen molar-refractivity contribution in [1.29, 1.82) is 0 Å². The van der Waals surface area contributed by atoms with Crippen LogP contribution in [0.5, 0.6) is 0 Å². The number of aliphatic hydroxyl groups is 1. The number of nitrogens with zero attached hydrogens (tertiary/aromatic N) is 2. The standard InChI is InChI=1S/C11H11Cl2N3O4S/c1-6-15-11(16-20-6)4-14-21(18,19)10-2-7(5-17)8(12)3-9(10)13/h2-3,14,17H,4-5H2,1H3. The first-order valence-electron chi connectivity index (χ1n) is 5.71. The molecule has 0 bridgehead atoms. The largest absolute Gasteiger partial charge is 0.392 e. The fraction of sp³-hybridized carbons (Fsp3) is 0.273. The molecule has 1 aromatic carbocycles. The maximum atomic E-state index is 12.2. The number of hydrogen-bond donors (Lipinski definition) is 2. The number of aryl methyl sites for hydroxylation is 1. The quantitative estimate of drug-likeness (QED) is 0.848. The van der Waals surface area contributed by atoms with Crippen LogP contribution in [0.25, 0.3) is 0 Å². The molecule has 0 amide bonds. The van der Waals surface area contributed by atoms with Crippen LogP contribution in [0, 0.1) is 6.92 Å². The number of rotatable bonds is 5. The highest BCUT2D eigenvalue weighted by molar-refractivity contribution is 7.89. The van der Waals surface area contributed by atoms with Crippen molar-refractivity contribution in [3.8, 4) is 0 Å². The van der Waals surface area contributed by atoms with E-state index in [4.69, 9.17) is 32.8 Å². The van der Waals surface area contributed by atoms with Crippen LogP contribution >= 0.6 is 23.2 Å². The predicted molar refractivity (Wildman–Crippen MR) is 75.4 cm³/mol. The van der Waals surface area contributed by atoms with Crippen molar-refractivity contribution in [2.75, 3.05) is 0 Å². The van der Waals surface area contributed by atoms with Gasteiger partial charge in [0.05, 0.1) is 18.2 Å². The topological polar surface area (TPSA) is 105 Å². The molecule has 0 saturated heterocycles. The molecule has 0 fully saturated rings. The lowest BCUT2D eigenvalue weighted by Crippen LogP contribution is -2.24.